The molecule has 98 valence electrons. The first-order chi connectivity index (χ1) is 8.66. The molecule has 2 rings (SSSR count). The van der Waals surface area contributed by atoms with Gasteiger partial charge in [0.15, 0.2) is 5.78 Å². The molecule has 1 aliphatic carbocycles. The Labute approximate surface area is 112 Å². The lowest BCUT2D eigenvalue weighted by Crippen LogP contribution is -2.09. The standard InChI is InChI=1S/C15H18ClFO/c16-14-8-7-12(17)10-13(14)15(18)9-6-11-4-2-1-3-5-11/h7-8,10-11H,1-6,9H2. The largest absolute Gasteiger partial charge is 0.294 e. The van der Waals surface area contributed by atoms with Crippen LogP contribution in [-0.4, -0.2) is 5.78 Å². The molecule has 1 fully saturated rings. The average Bonchev–Trinajstić information content (AvgIpc) is 2.40. The Kier molecular flexibility index (Phi) is 4.76. The van der Waals surface area contributed by atoms with Crippen molar-refractivity contribution in [1.82, 2.24) is 0 Å². The predicted molar refractivity (Wildman–Crippen MR) is 71.5 cm³/mol. The lowest BCUT2D eigenvalue weighted by Gasteiger charge is -2.20. The van der Waals surface area contributed by atoms with E-state index in [4.69, 9.17) is 11.6 Å². The van der Waals surface area contributed by atoms with E-state index < -0.39 is 5.82 Å². The topological polar surface area (TPSA) is 17.1 Å². The van der Waals surface area contributed by atoms with Crippen molar-refractivity contribution in [2.45, 2.75) is 44.9 Å². The number of halogens is 2. The van der Waals surface area contributed by atoms with E-state index in [0.717, 1.165) is 6.42 Å². The van der Waals surface area contributed by atoms with E-state index in [1.54, 1.807) is 0 Å². The molecule has 0 heterocycles. The summed E-state index contributed by atoms with van der Waals surface area (Å²) in [5.74, 6) is 0.223. The van der Waals surface area contributed by atoms with Gasteiger partial charge in [-0.3, -0.25) is 4.79 Å². The first-order valence-electron chi connectivity index (χ1n) is 6.65. The summed E-state index contributed by atoms with van der Waals surface area (Å²) >= 11 is 5.93. The zero-order valence-corrected chi connectivity index (χ0v) is 11.2. The molecule has 1 nitrogen and oxygen atoms in total. The second kappa shape index (κ2) is 6.33. The van der Waals surface area contributed by atoms with Gasteiger partial charge in [-0.1, -0.05) is 43.7 Å². The molecule has 0 aliphatic heterocycles. The highest BCUT2D eigenvalue weighted by Gasteiger charge is 2.17. The number of hydrogen-bond donors (Lipinski definition) is 0. The Morgan fingerprint density at radius 2 is 2.00 bits per heavy atom. The van der Waals surface area contributed by atoms with Crippen molar-refractivity contribution in [2.75, 3.05) is 0 Å². The van der Waals surface area contributed by atoms with E-state index in [-0.39, 0.29) is 5.78 Å². The van der Waals surface area contributed by atoms with Crippen molar-refractivity contribution in [3.05, 3.63) is 34.6 Å². The molecule has 1 aromatic carbocycles. The molecule has 1 saturated carbocycles. The van der Waals surface area contributed by atoms with Gasteiger partial charge in [-0.2, -0.15) is 0 Å². The normalized spacial score (nSPS) is 16.8. The van der Waals surface area contributed by atoms with Gasteiger partial charge in [-0.15, -0.1) is 0 Å². The molecule has 0 atom stereocenters. The lowest BCUT2D eigenvalue weighted by molar-refractivity contribution is 0.0970. The Morgan fingerprint density at radius 1 is 1.28 bits per heavy atom. The van der Waals surface area contributed by atoms with E-state index >= 15 is 0 Å². The van der Waals surface area contributed by atoms with Gasteiger partial charge < -0.3 is 0 Å². The fraction of sp³-hybridized carbons (Fsp3) is 0.533. The zero-order valence-electron chi connectivity index (χ0n) is 10.4. The molecule has 0 aromatic heterocycles. The summed E-state index contributed by atoms with van der Waals surface area (Å²) in [6.07, 6.45) is 7.72. The zero-order chi connectivity index (χ0) is 13.0. The monoisotopic (exact) mass is 268 g/mol. The van der Waals surface area contributed by atoms with Crippen molar-refractivity contribution in [3.8, 4) is 0 Å². The summed E-state index contributed by atoms with van der Waals surface area (Å²) < 4.78 is 13.1. The van der Waals surface area contributed by atoms with Gasteiger partial charge in [0.2, 0.25) is 0 Å². The van der Waals surface area contributed by atoms with E-state index in [0.29, 0.717) is 22.9 Å². The summed E-state index contributed by atoms with van der Waals surface area (Å²) in [6.45, 7) is 0. The minimum absolute atomic E-state index is 0.0370. The first kappa shape index (κ1) is 13.5. The van der Waals surface area contributed by atoms with Crippen LogP contribution in [-0.2, 0) is 0 Å². The summed E-state index contributed by atoms with van der Waals surface area (Å²) in [5.41, 5.74) is 0.326. The predicted octanol–water partition coefficient (Wildman–Crippen LogP) is 5.02. The van der Waals surface area contributed by atoms with Crippen molar-refractivity contribution in [2.24, 2.45) is 5.92 Å². The van der Waals surface area contributed by atoms with Crippen LogP contribution >= 0.6 is 11.6 Å². The van der Waals surface area contributed by atoms with E-state index in [9.17, 15) is 9.18 Å². The van der Waals surface area contributed by atoms with Gasteiger partial charge in [0.25, 0.3) is 0 Å². The van der Waals surface area contributed by atoms with Crippen LogP contribution in [0.1, 0.15) is 55.3 Å². The molecule has 0 bridgehead atoms. The lowest BCUT2D eigenvalue weighted by atomic mass is 9.85. The average molecular weight is 269 g/mol. The molecule has 0 saturated heterocycles. The van der Waals surface area contributed by atoms with E-state index in [1.807, 2.05) is 0 Å². The van der Waals surface area contributed by atoms with Gasteiger partial charge >= 0.3 is 0 Å². The molecular formula is C15H18ClFO. The van der Waals surface area contributed by atoms with Crippen LogP contribution < -0.4 is 0 Å². The summed E-state index contributed by atoms with van der Waals surface area (Å²) in [7, 11) is 0. The maximum absolute atomic E-state index is 13.1. The van der Waals surface area contributed by atoms with Crippen LogP contribution in [0, 0.1) is 11.7 Å². The molecule has 0 spiro atoms. The fourth-order valence-corrected chi connectivity index (χ4v) is 2.88. The quantitative estimate of drug-likeness (QED) is 0.701. The second-order valence-corrected chi connectivity index (χ2v) is 5.50. The van der Waals surface area contributed by atoms with Gasteiger partial charge in [0, 0.05) is 12.0 Å². The molecule has 0 amide bonds. The minimum Gasteiger partial charge on any atom is -0.294 e. The van der Waals surface area contributed by atoms with Crippen LogP contribution in [0.3, 0.4) is 0 Å². The molecule has 3 heteroatoms. The van der Waals surface area contributed by atoms with E-state index in [1.165, 1.54) is 50.3 Å². The number of carbonyl (C=O) groups is 1. The van der Waals surface area contributed by atoms with Gasteiger partial charge in [-0.05, 0) is 30.5 Å². The van der Waals surface area contributed by atoms with Crippen molar-refractivity contribution >= 4 is 17.4 Å². The van der Waals surface area contributed by atoms with Crippen LogP contribution in [0.4, 0.5) is 4.39 Å². The summed E-state index contributed by atoms with van der Waals surface area (Å²) in [4.78, 5) is 12.0. The molecule has 0 radical (unpaired) electrons. The Bertz CT molecular complexity index is 425. The van der Waals surface area contributed by atoms with Gasteiger partial charge in [0.1, 0.15) is 5.82 Å². The van der Waals surface area contributed by atoms with Crippen LogP contribution in [0.25, 0.3) is 0 Å². The Hall–Kier alpha value is -0.890. The number of rotatable bonds is 4. The highest BCUT2D eigenvalue weighted by molar-refractivity contribution is 6.33. The first-order valence-corrected chi connectivity index (χ1v) is 7.03. The molecule has 1 aromatic rings. The van der Waals surface area contributed by atoms with Crippen LogP contribution in [0.15, 0.2) is 18.2 Å². The number of benzene rings is 1. The van der Waals surface area contributed by atoms with Gasteiger partial charge in [0.05, 0.1) is 5.02 Å². The fourth-order valence-electron chi connectivity index (χ4n) is 2.66. The molecule has 18 heavy (non-hydrogen) atoms. The number of hydrogen-bond acceptors (Lipinski definition) is 1. The maximum Gasteiger partial charge on any atom is 0.164 e. The summed E-state index contributed by atoms with van der Waals surface area (Å²) in [5, 5.41) is 0.352. The molecule has 0 N–H and O–H groups in total. The SMILES string of the molecule is O=C(CCC1CCCCC1)c1cc(F)ccc1Cl. The Morgan fingerprint density at radius 3 is 2.72 bits per heavy atom. The third-order valence-corrected chi connectivity index (χ3v) is 4.06. The van der Waals surface area contributed by atoms with Crippen molar-refractivity contribution in [3.63, 3.8) is 0 Å². The number of carbonyl (C=O) groups excluding carboxylic acids is 1. The highest BCUT2D eigenvalue weighted by Crippen LogP contribution is 2.28. The molecule has 0 unspecified atom stereocenters. The third-order valence-electron chi connectivity index (χ3n) is 3.73. The molecular weight excluding hydrogens is 251 g/mol. The smallest absolute Gasteiger partial charge is 0.164 e. The second-order valence-electron chi connectivity index (χ2n) is 5.09. The minimum atomic E-state index is -0.402. The van der Waals surface area contributed by atoms with Crippen molar-refractivity contribution in [1.29, 1.82) is 0 Å². The maximum atomic E-state index is 13.1. The number of ketones is 1. The summed E-state index contributed by atoms with van der Waals surface area (Å²) in [6, 6.07) is 3.97. The highest BCUT2D eigenvalue weighted by atomic mass is 35.5. The molecule has 1 aliphatic rings. The van der Waals surface area contributed by atoms with Crippen LogP contribution in [0.5, 0.6) is 0 Å². The van der Waals surface area contributed by atoms with Gasteiger partial charge in [-0.25, -0.2) is 4.39 Å². The van der Waals surface area contributed by atoms with E-state index in [2.05, 4.69) is 0 Å². The third kappa shape index (κ3) is 3.55. The van der Waals surface area contributed by atoms with Crippen LogP contribution in [0.2, 0.25) is 5.02 Å². The van der Waals surface area contributed by atoms with Crippen molar-refractivity contribution < 1.29 is 9.18 Å². The number of Topliss-reactive ketones (excluding diaryl/α,β-unsaturated/α-hetero) is 1. The Balaban J connectivity index is 1.92.